The summed E-state index contributed by atoms with van der Waals surface area (Å²) in [5.41, 5.74) is 5.58. The van der Waals surface area contributed by atoms with Crippen LogP contribution in [-0.4, -0.2) is 43.7 Å². The molecule has 0 aliphatic heterocycles. The largest absolute Gasteiger partial charge is 0.468 e. The lowest BCUT2D eigenvalue weighted by atomic mass is 9.85. The van der Waals surface area contributed by atoms with E-state index in [1.165, 1.54) is 39.3 Å². The van der Waals surface area contributed by atoms with E-state index in [4.69, 9.17) is 10.5 Å². The number of ether oxygens (including phenoxy) is 1. The number of rotatable bonds is 6. The number of nitrogens with two attached hydrogens (primary N) is 1. The Hall–Kier alpha value is -0.610. The average molecular weight is 282 g/mol. The van der Waals surface area contributed by atoms with Gasteiger partial charge in [0.25, 0.3) is 0 Å². The lowest BCUT2D eigenvalue weighted by Crippen LogP contribution is -2.52. The van der Waals surface area contributed by atoms with E-state index in [0.29, 0.717) is 0 Å². The molecule has 0 heterocycles. The molecule has 4 nitrogen and oxygen atoms in total. The predicted octanol–water partition coefficient (Wildman–Crippen LogP) is 2.17. The van der Waals surface area contributed by atoms with Crippen LogP contribution in [-0.2, 0) is 9.53 Å². The van der Waals surface area contributed by atoms with E-state index in [9.17, 15) is 4.79 Å². The first-order chi connectivity index (χ1) is 9.56. The van der Waals surface area contributed by atoms with Crippen LogP contribution in [0.3, 0.4) is 0 Å². The van der Waals surface area contributed by atoms with Crippen LogP contribution in [0.15, 0.2) is 0 Å². The zero-order chi connectivity index (χ0) is 14.6. The second-order valence-electron chi connectivity index (χ2n) is 6.82. The molecule has 2 fully saturated rings. The van der Waals surface area contributed by atoms with E-state index in [1.54, 1.807) is 0 Å². The molecule has 0 spiro atoms. The molecule has 2 aliphatic carbocycles. The summed E-state index contributed by atoms with van der Waals surface area (Å²) in [6.45, 7) is 2.24. The van der Waals surface area contributed by atoms with Crippen LogP contribution in [0.1, 0.15) is 51.4 Å². The lowest BCUT2D eigenvalue weighted by Gasteiger charge is -2.30. The molecule has 0 amide bonds. The van der Waals surface area contributed by atoms with Crippen molar-refractivity contribution < 1.29 is 9.53 Å². The molecular weight excluding hydrogens is 252 g/mol. The SMILES string of the molecule is COC(=O)C1(N)CCCC1CCN(C)CC1CCCC1. The van der Waals surface area contributed by atoms with Gasteiger partial charge in [0.2, 0.25) is 0 Å². The number of hydrogen-bond acceptors (Lipinski definition) is 4. The van der Waals surface area contributed by atoms with Gasteiger partial charge in [0.05, 0.1) is 7.11 Å². The van der Waals surface area contributed by atoms with Crippen LogP contribution in [0.25, 0.3) is 0 Å². The van der Waals surface area contributed by atoms with E-state index >= 15 is 0 Å². The first-order valence-electron chi connectivity index (χ1n) is 8.12. The summed E-state index contributed by atoms with van der Waals surface area (Å²) in [6.07, 6.45) is 9.45. The molecule has 2 rings (SSSR count). The van der Waals surface area contributed by atoms with Crippen LogP contribution in [0, 0.1) is 11.8 Å². The van der Waals surface area contributed by atoms with Crippen LogP contribution in [0.2, 0.25) is 0 Å². The molecule has 0 aromatic heterocycles. The molecule has 0 aromatic carbocycles. The smallest absolute Gasteiger partial charge is 0.326 e. The molecule has 2 N–H and O–H groups in total. The number of hydrogen-bond donors (Lipinski definition) is 1. The second kappa shape index (κ2) is 6.90. The van der Waals surface area contributed by atoms with E-state index in [0.717, 1.165) is 38.1 Å². The Morgan fingerprint density at radius 3 is 2.65 bits per heavy atom. The van der Waals surface area contributed by atoms with Crippen molar-refractivity contribution in [3.63, 3.8) is 0 Å². The highest BCUT2D eigenvalue weighted by Gasteiger charge is 2.46. The third-order valence-electron chi connectivity index (χ3n) is 5.34. The Labute approximate surface area is 123 Å². The monoisotopic (exact) mass is 282 g/mol. The molecule has 0 aromatic rings. The number of nitrogens with zero attached hydrogens (tertiary/aromatic N) is 1. The fourth-order valence-corrected chi connectivity index (χ4v) is 4.06. The topological polar surface area (TPSA) is 55.6 Å². The molecule has 0 radical (unpaired) electrons. The molecule has 0 saturated heterocycles. The van der Waals surface area contributed by atoms with Crippen molar-refractivity contribution in [1.29, 1.82) is 0 Å². The summed E-state index contributed by atoms with van der Waals surface area (Å²) in [5, 5.41) is 0. The predicted molar refractivity (Wildman–Crippen MR) is 80.3 cm³/mol. The summed E-state index contributed by atoms with van der Waals surface area (Å²) < 4.78 is 4.90. The number of carbonyl (C=O) groups is 1. The lowest BCUT2D eigenvalue weighted by molar-refractivity contribution is -0.148. The molecule has 2 atom stereocenters. The highest BCUT2D eigenvalue weighted by atomic mass is 16.5. The summed E-state index contributed by atoms with van der Waals surface area (Å²) in [7, 11) is 3.64. The Morgan fingerprint density at radius 1 is 1.30 bits per heavy atom. The van der Waals surface area contributed by atoms with Crippen molar-refractivity contribution in [2.75, 3.05) is 27.2 Å². The normalized spacial score (nSPS) is 31.1. The molecule has 4 heteroatoms. The number of carbonyl (C=O) groups excluding carboxylic acids is 1. The first-order valence-corrected chi connectivity index (χ1v) is 8.12. The fourth-order valence-electron chi connectivity index (χ4n) is 4.06. The Bertz CT molecular complexity index is 328. The number of methoxy groups -OCH3 is 1. The van der Waals surface area contributed by atoms with Crippen LogP contribution in [0.4, 0.5) is 0 Å². The minimum absolute atomic E-state index is 0.224. The maximum absolute atomic E-state index is 11.9. The first kappa shape index (κ1) is 15.8. The third kappa shape index (κ3) is 3.53. The highest BCUT2D eigenvalue weighted by molar-refractivity contribution is 5.81. The van der Waals surface area contributed by atoms with E-state index in [1.807, 2.05) is 0 Å². The molecule has 20 heavy (non-hydrogen) atoms. The van der Waals surface area contributed by atoms with Crippen molar-refractivity contribution in [3.8, 4) is 0 Å². The van der Waals surface area contributed by atoms with Gasteiger partial charge >= 0.3 is 5.97 Å². The van der Waals surface area contributed by atoms with Gasteiger partial charge in [-0.25, -0.2) is 0 Å². The fraction of sp³-hybridized carbons (Fsp3) is 0.938. The van der Waals surface area contributed by atoms with Gasteiger partial charge in [-0.1, -0.05) is 19.3 Å². The van der Waals surface area contributed by atoms with Crippen LogP contribution in [0.5, 0.6) is 0 Å². The second-order valence-corrected chi connectivity index (χ2v) is 6.82. The van der Waals surface area contributed by atoms with E-state index in [-0.39, 0.29) is 11.9 Å². The minimum Gasteiger partial charge on any atom is -0.468 e. The van der Waals surface area contributed by atoms with Gasteiger partial charge in [-0.15, -0.1) is 0 Å². The molecule has 2 unspecified atom stereocenters. The van der Waals surface area contributed by atoms with Gasteiger partial charge in [0, 0.05) is 6.54 Å². The summed E-state index contributed by atoms with van der Waals surface area (Å²) >= 11 is 0. The van der Waals surface area contributed by atoms with E-state index in [2.05, 4.69) is 11.9 Å². The Morgan fingerprint density at radius 2 is 2.00 bits per heavy atom. The summed E-state index contributed by atoms with van der Waals surface area (Å²) in [4.78, 5) is 14.3. The molecular formula is C16H30N2O2. The van der Waals surface area contributed by atoms with Gasteiger partial charge in [0.1, 0.15) is 5.54 Å². The third-order valence-corrected chi connectivity index (χ3v) is 5.34. The van der Waals surface area contributed by atoms with Crippen molar-refractivity contribution in [2.45, 2.75) is 56.9 Å². The molecule has 116 valence electrons. The van der Waals surface area contributed by atoms with Gasteiger partial charge < -0.3 is 15.4 Å². The number of esters is 1. The average Bonchev–Trinajstić information content (AvgIpc) is 3.06. The maximum atomic E-state index is 11.9. The van der Waals surface area contributed by atoms with Crippen molar-refractivity contribution in [3.05, 3.63) is 0 Å². The zero-order valence-corrected chi connectivity index (χ0v) is 13.1. The maximum Gasteiger partial charge on any atom is 0.326 e. The summed E-state index contributed by atoms with van der Waals surface area (Å²) in [6, 6.07) is 0. The minimum atomic E-state index is -0.733. The van der Waals surface area contributed by atoms with Gasteiger partial charge in [-0.3, -0.25) is 4.79 Å². The standard InChI is InChI=1S/C16H30N2O2/c1-18(12-13-6-3-4-7-13)11-9-14-8-5-10-16(14,17)15(19)20-2/h13-14H,3-12,17H2,1-2H3. The Balaban J connectivity index is 1.78. The van der Waals surface area contributed by atoms with Gasteiger partial charge in [-0.2, -0.15) is 0 Å². The van der Waals surface area contributed by atoms with Crippen LogP contribution >= 0.6 is 0 Å². The highest BCUT2D eigenvalue weighted by Crippen LogP contribution is 2.37. The quantitative estimate of drug-likeness (QED) is 0.759. The van der Waals surface area contributed by atoms with Crippen molar-refractivity contribution >= 4 is 5.97 Å². The van der Waals surface area contributed by atoms with Gasteiger partial charge in [-0.05, 0) is 57.5 Å². The van der Waals surface area contributed by atoms with Crippen LogP contribution < -0.4 is 5.73 Å². The van der Waals surface area contributed by atoms with Crippen molar-refractivity contribution in [1.82, 2.24) is 4.90 Å². The zero-order valence-electron chi connectivity index (χ0n) is 13.1. The summed E-state index contributed by atoms with van der Waals surface area (Å²) in [5.74, 6) is 0.936. The molecule has 0 bridgehead atoms. The Kier molecular flexibility index (Phi) is 5.44. The van der Waals surface area contributed by atoms with Crippen molar-refractivity contribution in [2.24, 2.45) is 17.6 Å². The van der Waals surface area contributed by atoms with E-state index < -0.39 is 5.54 Å². The van der Waals surface area contributed by atoms with Gasteiger partial charge in [0.15, 0.2) is 0 Å². The molecule has 2 saturated carbocycles. The molecule has 2 aliphatic rings.